The number of anilines is 1. The Morgan fingerprint density at radius 1 is 1.04 bits per heavy atom. The summed E-state index contributed by atoms with van der Waals surface area (Å²) in [6.07, 6.45) is 6.32. The molecule has 1 aliphatic heterocycles. The van der Waals surface area contributed by atoms with Crippen LogP contribution in [-0.4, -0.2) is 5.84 Å². The van der Waals surface area contributed by atoms with Crippen LogP contribution in [0.15, 0.2) is 53.5 Å². The van der Waals surface area contributed by atoms with Gasteiger partial charge in [0.1, 0.15) is 5.84 Å². The first-order chi connectivity index (χ1) is 11.3. The van der Waals surface area contributed by atoms with Crippen molar-refractivity contribution in [3.8, 4) is 0 Å². The Kier molecular flexibility index (Phi) is 3.68. The SMILES string of the molecule is Cc1cccc(CN=C2Nc3ccccc3CC23CCCC3)c1. The quantitative estimate of drug-likeness (QED) is 0.818. The molecule has 23 heavy (non-hydrogen) atoms. The Hall–Kier alpha value is -2.09. The second kappa shape index (κ2) is 5.84. The molecule has 0 saturated heterocycles. The molecule has 2 heteroatoms. The van der Waals surface area contributed by atoms with Gasteiger partial charge in [-0.05, 0) is 43.4 Å². The lowest BCUT2D eigenvalue weighted by molar-refractivity contribution is 0.424. The minimum absolute atomic E-state index is 0.248. The largest absolute Gasteiger partial charge is 0.343 e. The predicted octanol–water partition coefficient (Wildman–Crippen LogP) is 5.12. The molecule has 0 bridgehead atoms. The van der Waals surface area contributed by atoms with Crippen molar-refractivity contribution in [2.45, 2.75) is 45.6 Å². The number of nitrogens with zero attached hydrogens (tertiary/aromatic N) is 1. The number of hydrogen-bond donors (Lipinski definition) is 1. The summed E-state index contributed by atoms with van der Waals surface area (Å²) in [5, 5.41) is 3.66. The van der Waals surface area contributed by atoms with Gasteiger partial charge in [-0.15, -0.1) is 0 Å². The summed E-state index contributed by atoms with van der Waals surface area (Å²) in [7, 11) is 0. The molecule has 0 amide bonds. The van der Waals surface area contributed by atoms with E-state index in [9.17, 15) is 0 Å². The molecule has 0 aromatic heterocycles. The highest BCUT2D eigenvalue weighted by molar-refractivity contribution is 6.02. The zero-order valence-electron chi connectivity index (χ0n) is 13.8. The van der Waals surface area contributed by atoms with Crippen LogP contribution in [0.3, 0.4) is 0 Å². The van der Waals surface area contributed by atoms with Crippen LogP contribution in [0.5, 0.6) is 0 Å². The molecular weight excluding hydrogens is 280 g/mol. The van der Waals surface area contributed by atoms with E-state index in [1.165, 1.54) is 53.9 Å². The zero-order valence-corrected chi connectivity index (χ0v) is 13.8. The van der Waals surface area contributed by atoms with Crippen LogP contribution < -0.4 is 5.32 Å². The lowest BCUT2D eigenvalue weighted by Gasteiger charge is -2.37. The number of aryl methyl sites for hydroxylation is 1. The van der Waals surface area contributed by atoms with E-state index in [-0.39, 0.29) is 5.41 Å². The maximum absolute atomic E-state index is 5.03. The summed E-state index contributed by atoms with van der Waals surface area (Å²) in [6, 6.07) is 17.4. The van der Waals surface area contributed by atoms with Gasteiger partial charge in [0.15, 0.2) is 0 Å². The van der Waals surface area contributed by atoms with Crippen molar-refractivity contribution >= 4 is 11.5 Å². The highest BCUT2D eigenvalue weighted by Crippen LogP contribution is 2.46. The van der Waals surface area contributed by atoms with Gasteiger partial charge in [-0.1, -0.05) is 60.9 Å². The molecular formula is C21H24N2. The van der Waals surface area contributed by atoms with Gasteiger partial charge < -0.3 is 5.32 Å². The summed E-state index contributed by atoms with van der Waals surface area (Å²) in [6.45, 7) is 2.91. The van der Waals surface area contributed by atoms with Crippen molar-refractivity contribution in [2.24, 2.45) is 10.4 Å². The third-order valence-corrected chi connectivity index (χ3v) is 5.36. The maximum atomic E-state index is 5.03. The first-order valence-electron chi connectivity index (χ1n) is 8.71. The number of rotatable bonds is 2. The molecule has 1 aliphatic carbocycles. The van der Waals surface area contributed by atoms with E-state index in [2.05, 4.69) is 60.8 Å². The number of aliphatic imine (C=N–C) groups is 1. The number of para-hydroxylation sites is 1. The van der Waals surface area contributed by atoms with Crippen molar-refractivity contribution in [2.75, 3.05) is 5.32 Å². The minimum Gasteiger partial charge on any atom is -0.343 e. The number of benzene rings is 2. The van der Waals surface area contributed by atoms with Gasteiger partial charge in [0.25, 0.3) is 0 Å². The van der Waals surface area contributed by atoms with Crippen LogP contribution in [0.1, 0.15) is 42.4 Å². The van der Waals surface area contributed by atoms with E-state index in [1.54, 1.807) is 0 Å². The van der Waals surface area contributed by atoms with Crippen molar-refractivity contribution in [1.29, 1.82) is 0 Å². The van der Waals surface area contributed by atoms with Gasteiger partial charge in [0.2, 0.25) is 0 Å². The van der Waals surface area contributed by atoms with Gasteiger partial charge in [-0.25, -0.2) is 0 Å². The van der Waals surface area contributed by atoms with Gasteiger partial charge in [0, 0.05) is 11.1 Å². The maximum Gasteiger partial charge on any atom is 0.108 e. The van der Waals surface area contributed by atoms with E-state index in [4.69, 9.17) is 4.99 Å². The molecule has 2 aromatic carbocycles. The third-order valence-electron chi connectivity index (χ3n) is 5.36. The van der Waals surface area contributed by atoms with Crippen molar-refractivity contribution in [3.05, 3.63) is 65.2 Å². The summed E-state index contributed by atoms with van der Waals surface area (Å²) in [5.74, 6) is 1.22. The predicted molar refractivity (Wildman–Crippen MR) is 97.0 cm³/mol. The number of hydrogen-bond acceptors (Lipinski definition) is 1. The second-order valence-corrected chi connectivity index (χ2v) is 7.10. The molecule has 0 atom stereocenters. The number of amidine groups is 1. The first-order valence-corrected chi connectivity index (χ1v) is 8.71. The van der Waals surface area contributed by atoms with Crippen LogP contribution in [0.4, 0.5) is 5.69 Å². The lowest BCUT2D eigenvalue weighted by Crippen LogP contribution is -2.40. The third kappa shape index (κ3) is 2.78. The molecule has 1 fully saturated rings. The van der Waals surface area contributed by atoms with E-state index < -0.39 is 0 Å². The van der Waals surface area contributed by atoms with Crippen molar-refractivity contribution in [1.82, 2.24) is 0 Å². The number of fused-ring (bicyclic) bond motifs is 1. The highest BCUT2D eigenvalue weighted by atomic mass is 15.0. The topological polar surface area (TPSA) is 24.4 Å². The fraction of sp³-hybridized carbons (Fsp3) is 0.381. The van der Waals surface area contributed by atoms with Gasteiger partial charge in [0.05, 0.1) is 6.54 Å². The average molecular weight is 304 g/mol. The van der Waals surface area contributed by atoms with Crippen molar-refractivity contribution < 1.29 is 0 Å². The van der Waals surface area contributed by atoms with E-state index in [0.29, 0.717) is 0 Å². The summed E-state index contributed by atoms with van der Waals surface area (Å²) >= 11 is 0. The normalized spacial score (nSPS) is 20.5. The van der Waals surface area contributed by atoms with Crippen LogP contribution in [0.2, 0.25) is 0 Å². The molecule has 4 rings (SSSR count). The average Bonchev–Trinajstić information content (AvgIpc) is 3.02. The highest BCUT2D eigenvalue weighted by Gasteiger charge is 2.42. The van der Waals surface area contributed by atoms with Gasteiger partial charge in [-0.2, -0.15) is 0 Å². The van der Waals surface area contributed by atoms with E-state index >= 15 is 0 Å². The summed E-state index contributed by atoms with van der Waals surface area (Å²) < 4.78 is 0. The van der Waals surface area contributed by atoms with Gasteiger partial charge in [-0.3, -0.25) is 4.99 Å². The Balaban J connectivity index is 1.66. The second-order valence-electron chi connectivity index (χ2n) is 7.10. The molecule has 1 spiro atoms. The molecule has 0 unspecified atom stereocenters. The molecule has 0 radical (unpaired) electrons. The summed E-state index contributed by atoms with van der Waals surface area (Å²) in [4.78, 5) is 5.03. The molecule has 2 nitrogen and oxygen atoms in total. The lowest BCUT2D eigenvalue weighted by atomic mass is 9.76. The van der Waals surface area contributed by atoms with Crippen LogP contribution in [0, 0.1) is 12.3 Å². The van der Waals surface area contributed by atoms with Crippen LogP contribution in [-0.2, 0) is 13.0 Å². The minimum atomic E-state index is 0.248. The Bertz CT molecular complexity index is 739. The number of nitrogens with one attached hydrogen (secondary N) is 1. The van der Waals surface area contributed by atoms with Crippen LogP contribution >= 0.6 is 0 Å². The van der Waals surface area contributed by atoms with E-state index in [1.807, 2.05) is 0 Å². The molecule has 2 aliphatic rings. The fourth-order valence-electron chi connectivity index (χ4n) is 4.16. The molecule has 118 valence electrons. The van der Waals surface area contributed by atoms with Crippen LogP contribution in [0.25, 0.3) is 0 Å². The van der Waals surface area contributed by atoms with E-state index in [0.717, 1.165) is 13.0 Å². The molecule has 2 aromatic rings. The van der Waals surface area contributed by atoms with Crippen molar-refractivity contribution in [3.63, 3.8) is 0 Å². The zero-order chi connectivity index (χ0) is 15.7. The molecule has 1 saturated carbocycles. The Morgan fingerprint density at radius 2 is 1.87 bits per heavy atom. The smallest absolute Gasteiger partial charge is 0.108 e. The fourth-order valence-corrected chi connectivity index (χ4v) is 4.16. The van der Waals surface area contributed by atoms with Gasteiger partial charge >= 0.3 is 0 Å². The molecule has 1 N–H and O–H groups in total. The standard InChI is InChI=1S/C21H24N2/c1-16-7-6-8-17(13-16)15-22-20-21(11-4-5-12-21)14-18-9-2-3-10-19(18)23-20/h2-3,6-10,13H,4-5,11-12,14-15H2,1H3,(H,22,23). The summed E-state index contributed by atoms with van der Waals surface area (Å²) in [5.41, 5.74) is 5.54. The Morgan fingerprint density at radius 3 is 2.70 bits per heavy atom. The monoisotopic (exact) mass is 304 g/mol. The Labute approximate surface area is 138 Å². The first kappa shape index (κ1) is 14.5. The molecule has 1 heterocycles.